The number of para-hydroxylation sites is 3. The number of hydrogen-bond donors (Lipinski definition) is 2. The predicted octanol–water partition coefficient (Wildman–Crippen LogP) is 7.40. The van der Waals surface area contributed by atoms with Gasteiger partial charge in [0.15, 0.2) is 0 Å². The average molecular weight is 537 g/mol. The van der Waals surface area contributed by atoms with E-state index in [1.165, 1.54) is 32.1 Å². The number of fused-ring (bicyclic) bond motifs is 2. The second-order valence-corrected chi connectivity index (χ2v) is 11.0. The predicted molar refractivity (Wildman–Crippen MR) is 168 cm³/mol. The van der Waals surface area contributed by atoms with Crippen LogP contribution in [0.3, 0.4) is 0 Å². The standard InChI is InChI=1S/C33H37N5S/c1-3-14-31(34)35-21-12-5-13-22-36-32-23-25(24-33-37(2)29-19-10-11-20-30(29)39-33)27-17-8-9-18-28(27)38(32)26-15-6-4-7-16-26/h4,6-11,15-20,23-24H,3,5,12-14,21-22H2,1-2H3,(H2,34,35)/p+1. The van der Waals surface area contributed by atoms with Crippen molar-refractivity contribution in [3.8, 4) is 5.69 Å². The van der Waals surface area contributed by atoms with Crippen LogP contribution in [0.2, 0.25) is 0 Å². The van der Waals surface area contributed by atoms with E-state index >= 15 is 0 Å². The largest absolute Gasteiger partial charge is 0.387 e. The summed E-state index contributed by atoms with van der Waals surface area (Å²) in [4.78, 5) is 8.08. The SMILES string of the molecule is CCCC(N)=NCCCCCNc1cc(C=C2Sc3ccccc3N2C)c2ccccc2[n+]1-c1ccccc1. The summed E-state index contributed by atoms with van der Waals surface area (Å²) < 4.78 is 2.34. The van der Waals surface area contributed by atoms with Gasteiger partial charge in [-0.25, -0.2) is 0 Å². The van der Waals surface area contributed by atoms with E-state index in [0.29, 0.717) is 0 Å². The Labute approximate surface area is 236 Å². The van der Waals surface area contributed by atoms with Crippen LogP contribution in [0, 0.1) is 0 Å². The molecule has 39 heavy (non-hydrogen) atoms. The lowest BCUT2D eigenvalue weighted by Gasteiger charge is -2.16. The van der Waals surface area contributed by atoms with Crippen molar-refractivity contribution in [2.75, 3.05) is 30.4 Å². The number of nitrogens with one attached hydrogen (secondary N) is 1. The highest BCUT2D eigenvalue weighted by Crippen LogP contribution is 2.45. The first-order valence-electron chi connectivity index (χ1n) is 13.9. The van der Waals surface area contributed by atoms with Crippen molar-refractivity contribution in [1.29, 1.82) is 0 Å². The molecule has 4 aromatic rings. The first-order valence-corrected chi connectivity index (χ1v) is 14.8. The highest BCUT2D eigenvalue weighted by molar-refractivity contribution is 8.03. The lowest BCUT2D eigenvalue weighted by Crippen LogP contribution is -2.36. The van der Waals surface area contributed by atoms with Crippen molar-refractivity contribution >= 4 is 46.1 Å². The summed E-state index contributed by atoms with van der Waals surface area (Å²) in [6.45, 7) is 3.85. The van der Waals surface area contributed by atoms with E-state index in [4.69, 9.17) is 5.73 Å². The van der Waals surface area contributed by atoms with E-state index in [9.17, 15) is 0 Å². The molecule has 0 unspecified atom stereocenters. The first-order chi connectivity index (χ1) is 19.2. The Hall–Kier alpha value is -3.77. The molecule has 0 bridgehead atoms. The van der Waals surface area contributed by atoms with Crippen LogP contribution in [-0.4, -0.2) is 26.0 Å². The summed E-state index contributed by atoms with van der Waals surface area (Å²) >= 11 is 1.83. The third kappa shape index (κ3) is 6.28. The van der Waals surface area contributed by atoms with Crippen LogP contribution < -0.4 is 20.5 Å². The third-order valence-electron chi connectivity index (χ3n) is 7.02. The number of hydrogen-bond acceptors (Lipinski definition) is 4. The molecule has 0 atom stereocenters. The fraction of sp³-hybridized carbons (Fsp3) is 0.273. The van der Waals surface area contributed by atoms with Crippen molar-refractivity contribution in [3.63, 3.8) is 0 Å². The molecule has 0 saturated carbocycles. The van der Waals surface area contributed by atoms with Crippen LogP contribution in [0.4, 0.5) is 11.5 Å². The minimum Gasteiger partial charge on any atom is -0.387 e. The van der Waals surface area contributed by atoms with Crippen LogP contribution >= 0.6 is 11.8 Å². The molecule has 1 aliphatic heterocycles. The molecular formula is C33H38N5S+. The lowest BCUT2D eigenvalue weighted by molar-refractivity contribution is -0.551. The van der Waals surface area contributed by atoms with Gasteiger partial charge < -0.3 is 10.6 Å². The van der Waals surface area contributed by atoms with E-state index in [0.717, 1.165) is 62.5 Å². The zero-order valence-corrected chi connectivity index (χ0v) is 23.8. The van der Waals surface area contributed by atoms with Gasteiger partial charge in [-0.3, -0.25) is 10.3 Å². The normalized spacial score (nSPS) is 14.3. The van der Waals surface area contributed by atoms with Crippen LogP contribution in [0.15, 0.2) is 99.8 Å². The zero-order valence-electron chi connectivity index (χ0n) is 22.9. The fourth-order valence-corrected chi connectivity index (χ4v) is 6.11. The average Bonchev–Trinajstić information content (AvgIpc) is 3.28. The number of benzene rings is 3. The number of amidine groups is 1. The van der Waals surface area contributed by atoms with Gasteiger partial charge in [0.05, 0.1) is 23.1 Å². The van der Waals surface area contributed by atoms with Crippen LogP contribution in [0.25, 0.3) is 22.7 Å². The minimum atomic E-state index is 0.784. The summed E-state index contributed by atoms with van der Waals surface area (Å²) in [7, 11) is 2.15. The van der Waals surface area contributed by atoms with Crippen molar-refractivity contribution in [3.05, 3.63) is 95.5 Å². The number of rotatable bonds is 11. The summed E-state index contributed by atoms with van der Waals surface area (Å²) in [5.41, 5.74) is 10.8. The molecule has 5 rings (SSSR count). The number of unbranched alkanes of at least 4 members (excludes halogenated alkanes) is 2. The molecule has 3 aromatic carbocycles. The van der Waals surface area contributed by atoms with Crippen LogP contribution in [-0.2, 0) is 0 Å². The Morgan fingerprint density at radius 2 is 1.74 bits per heavy atom. The highest BCUT2D eigenvalue weighted by Gasteiger charge is 2.23. The molecule has 0 aliphatic carbocycles. The molecule has 1 aliphatic rings. The van der Waals surface area contributed by atoms with Gasteiger partial charge in [-0.15, -0.1) is 0 Å². The maximum atomic E-state index is 5.95. The number of aromatic nitrogens is 1. The molecule has 0 spiro atoms. The molecule has 2 heterocycles. The van der Waals surface area contributed by atoms with Crippen molar-refractivity contribution in [2.45, 2.75) is 43.9 Å². The molecular weight excluding hydrogens is 498 g/mol. The van der Waals surface area contributed by atoms with Crippen LogP contribution in [0.1, 0.15) is 44.6 Å². The molecule has 5 nitrogen and oxygen atoms in total. The fourth-order valence-electron chi connectivity index (χ4n) is 5.00. The Morgan fingerprint density at radius 1 is 0.974 bits per heavy atom. The van der Waals surface area contributed by atoms with E-state index < -0.39 is 0 Å². The number of thioether (sulfide) groups is 1. The molecule has 3 N–H and O–H groups in total. The first kappa shape index (κ1) is 26.8. The highest BCUT2D eigenvalue weighted by atomic mass is 32.2. The molecule has 200 valence electrons. The maximum Gasteiger partial charge on any atom is 0.280 e. The second-order valence-electron chi connectivity index (χ2n) is 9.89. The molecule has 0 amide bonds. The Morgan fingerprint density at radius 3 is 2.56 bits per heavy atom. The summed E-state index contributed by atoms with van der Waals surface area (Å²) in [6, 6.07) is 30.2. The number of anilines is 2. The summed E-state index contributed by atoms with van der Waals surface area (Å²) in [6.07, 6.45) is 7.52. The summed E-state index contributed by atoms with van der Waals surface area (Å²) in [5.74, 6) is 1.88. The van der Waals surface area contributed by atoms with Gasteiger partial charge in [0.1, 0.15) is 11.2 Å². The molecule has 0 saturated heterocycles. The van der Waals surface area contributed by atoms with Crippen molar-refractivity contribution in [1.82, 2.24) is 0 Å². The van der Waals surface area contributed by atoms with Gasteiger partial charge in [0.2, 0.25) is 0 Å². The monoisotopic (exact) mass is 536 g/mol. The van der Waals surface area contributed by atoms with E-state index in [1.807, 2.05) is 11.8 Å². The number of nitrogens with zero attached hydrogens (tertiary/aromatic N) is 3. The number of pyridine rings is 1. The summed E-state index contributed by atoms with van der Waals surface area (Å²) in [5, 5.41) is 6.23. The van der Waals surface area contributed by atoms with Gasteiger partial charge in [0, 0.05) is 36.4 Å². The molecule has 6 heteroatoms. The van der Waals surface area contributed by atoms with Gasteiger partial charge in [-0.2, -0.15) is 4.57 Å². The second kappa shape index (κ2) is 12.9. The van der Waals surface area contributed by atoms with Crippen molar-refractivity contribution < 1.29 is 4.57 Å². The number of nitrogens with two attached hydrogens (primary N) is 1. The molecule has 1 aromatic heterocycles. The minimum absolute atomic E-state index is 0.784. The van der Waals surface area contributed by atoms with Gasteiger partial charge in [0.25, 0.3) is 5.82 Å². The smallest absolute Gasteiger partial charge is 0.280 e. The quantitative estimate of drug-likeness (QED) is 0.0908. The van der Waals surface area contributed by atoms with E-state index in [1.54, 1.807) is 0 Å². The zero-order chi connectivity index (χ0) is 27.0. The van der Waals surface area contributed by atoms with E-state index in [-0.39, 0.29) is 0 Å². The number of aliphatic imine (C=N–C) groups is 1. The van der Waals surface area contributed by atoms with Crippen LogP contribution in [0.5, 0.6) is 0 Å². The molecule has 0 radical (unpaired) electrons. The third-order valence-corrected chi connectivity index (χ3v) is 8.18. The lowest BCUT2D eigenvalue weighted by atomic mass is 10.1. The Balaban J connectivity index is 1.43. The Kier molecular flexibility index (Phi) is 8.84. The van der Waals surface area contributed by atoms with Gasteiger partial charge >= 0.3 is 0 Å². The van der Waals surface area contributed by atoms with Crippen molar-refractivity contribution in [2.24, 2.45) is 10.7 Å². The Bertz CT molecular complexity index is 1480. The van der Waals surface area contributed by atoms with E-state index in [2.05, 4.69) is 125 Å². The van der Waals surface area contributed by atoms with Gasteiger partial charge in [-0.1, -0.05) is 67.2 Å². The topological polar surface area (TPSA) is 57.5 Å². The maximum absolute atomic E-state index is 5.95. The van der Waals surface area contributed by atoms with Gasteiger partial charge in [-0.05, 0) is 67.7 Å². The molecule has 0 fully saturated rings.